The van der Waals surface area contributed by atoms with Gasteiger partial charge in [0, 0.05) is 5.69 Å². The maximum Gasteiger partial charge on any atom is 0.266 e. The number of sulfonamides is 1. The van der Waals surface area contributed by atoms with Crippen LogP contribution in [-0.2, 0) is 10.0 Å². The first-order valence-electron chi connectivity index (χ1n) is 5.79. The number of amides is 1. The Hall–Kier alpha value is -1.70. The minimum absolute atomic E-state index is 0.00932. The number of para-hydroxylation sites is 1. The molecule has 1 aromatic carbocycles. The molecule has 0 aliphatic heterocycles. The predicted molar refractivity (Wildman–Crippen MR) is 79.6 cm³/mol. The van der Waals surface area contributed by atoms with Crippen LogP contribution in [0.2, 0.25) is 0 Å². The molecule has 1 amide bonds. The van der Waals surface area contributed by atoms with E-state index < -0.39 is 10.0 Å². The molecule has 0 saturated carbocycles. The Bertz CT molecular complexity index is 764. The number of aryl methyl sites for hydroxylation is 2. The Labute approximate surface area is 121 Å². The molecule has 0 spiro atoms. The Morgan fingerprint density at radius 1 is 1.20 bits per heavy atom. The first-order valence-corrected chi connectivity index (χ1v) is 8.15. The minimum atomic E-state index is -3.78. The first-order chi connectivity index (χ1) is 9.29. The third-order valence-electron chi connectivity index (χ3n) is 2.78. The monoisotopic (exact) mass is 310 g/mol. The van der Waals surface area contributed by atoms with Crippen LogP contribution in [0.1, 0.15) is 20.8 Å². The van der Waals surface area contributed by atoms with Gasteiger partial charge in [-0.3, -0.25) is 4.79 Å². The summed E-state index contributed by atoms with van der Waals surface area (Å²) in [7, 11) is -3.78. The summed E-state index contributed by atoms with van der Waals surface area (Å²) >= 11 is 0.875. The molecule has 0 saturated heterocycles. The number of carbonyl (C=O) groups is 1. The predicted octanol–water partition coefficient (Wildman–Crippen LogP) is 2.26. The second-order valence-corrected chi connectivity index (χ2v) is 7.23. The van der Waals surface area contributed by atoms with Gasteiger partial charge in [-0.05, 0) is 37.1 Å². The van der Waals surface area contributed by atoms with Crippen LogP contribution in [0.5, 0.6) is 0 Å². The van der Waals surface area contributed by atoms with Crippen LogP contribution in [-0.4, -0.2) is 14.3 Å². The van der Waals surface area contributed by atoms with Gasteiger partial charge in [0.25, 0.3) is 5.91 Å². The molecule has 1 heterocycles. The fourth-order valence-corrected chi connectivity index (χ4v) is 3.57. The van der Waals surface area contributed by atoms with E-state index in [2.05, 4.69) is 5.32 Å². The van der Waals surface area contributed by atoms with Crippen molar-refractivity contribution < 1.29 is 13.2 Å². The molecule has 7 heteroatoms. The normalized spacial score (nSPS) is 11.3. The molecule has 106 valence electrons. The summed E-state index contributed by atoms with van der Waals surface area (Å²) in [6.45, 7) is 3.56. The number of anilines is 1. The lowest BCUT2D eigenvalue weighted by atomic mass is 10.2. The molecule has 0 aliphatic carbocycles. The van der Waals surface area contributed by atoms with Crippen molar-refractivity contribution in [3.05, 3.63) is 46.3 Å². The van der Waals surface area contributed by atoms with E-state index in [1.807, 2.05) is 25.1 Å². The average Bonchev–Trinajstić information content (AvgIpc) is 2.74. The number of hydrogen-bond donors (Lipinski definition) is 2. The lowest BCUT2D eigenvalue weighted by Gasteiger charge is -2.07. The van der Waals surface area contributed by atoms with Gasteiger partial charge in [0.1, 0.15) is 4.21 Å². The van der Waals surface area contributed by atoms with Gasteiger partial charge in [-0.1, -0.05) is 18.2 Å². The third kappa shape index (κ3) is 3.06. The summed E-state index contributed by atoms with van der Waals surface area (Å²) < 4.78 is 22.6. The van der Waals surface area contributed by atoms with Crippen LogP contribution >= 0.6 is 11.3 Å². The number of nitrogens with two attached hydrogens (primary N) is 1. The zero-order chi connectivity index (χ0) is 14.9. The number of hydrogen-bond acceptors (Lipinski definition) is 4. The van der Waals surface area contributed by atoms with E-state index in [0.29, 0.717) is 16.1 Å². The first kappa shape index (κ1) is 14.7. The van der Waals surface area contributed by atoms with Crippen molar-refractivity contribution in [1.29, 1.82) is 0 Å². The smallest absolute Gasteiger partial charge is 0.266 e. The van der Waals surface area contributed by atoms with E-state index >= 15 is 0 Å². The number of thiophene rings is 1. The van der Waals surface area contributed by atoms with Gasteiger partial charge in [-0.25, -0.2) is 13.6 Å². The fraction of sp³-hybridized carbons (Fsp3) is 0.154. The Balaban J connectivity index is 2.31. The summed E-state index contributed by atoms with van der Waals surface area (Å²) in [4.78, 5) is 12.5. The molecule has 0 fully saturated rings. The Kier molecular flexibility index (Phi) is 3.94. The molecule has 1 aromatic heterocycles. The van der Waals surface area contributed by atoms with Crippen molar-refractivity contribution in [1.82, 2.24) is 0 Å². The zero-order valence-corrected chi connectivity index (χ0v) is 12.6. The third-order valence-corrected chi connectivity index (χ3v) is 5.43. The van der Waals surface area contributed by atoms with Gasteiger partial charge < -0.3 is 5.32 Å². The Morgan fingerprint density at radius 3 is 2.40 bits per heavy atom. The van der Waals surface area contributed by atoms with E-state index in [-0.39, 0.29) is 10.1 Å². The highest BCUT2D eigenvalue weighted by atomic mass is 32.2. The van der Waals surface area contributed by atoms with E-state index in [1.54, 1.807) is 13.0 Å². The summed E-state index contributed by atoms with van der Waals surface area (Å²) in [5, 5.41) is 7.83. The number of carbonyl (C=O) groups excluding carboxylic acids is 1. The summed E-state index contributed by atoms with van der Waals surface area (Å²) in [6, 6.07) is 8.77. The van der Waals surface area contributed by atoms with E-state index in [1.165, 1.54) is 6.07 Å². The van der Waals surface area contributed by atoms with Gasteiger partial charge >= 0.3 is 0 Å². The van der Waals surface area contributed by atoms with Crippen LogP contribution < -0.4 is 10.5 Å². The number of benzene rings is 1. The van der Waals surface area contributed by atoms with Crippen molar-refractivity contribution in [2.75, 3.05) is 5.32 Å². The van der Waals surface area contributed by atoms with Crippen LogP contribution in [0.15, 0.2) is 34.5 Å². The van der Waals surface area contributed by atoms with Crippen molar-refractivity contribution in [3.63, 3.8) is 0 Å². The van der Waals surface area contributed by atoms with E-state index in [4.69, 9.17) is 5.14 Å². The molecule has 0 aliphatic rings. The highest BCUT2D eigenvalue weighted by molar-refractivity contribution is 7.91. The maximum atomic E-state index is 12.2. The van der Waals surface area contributed by atoms with E-state index in [9.17, 15) is 13.2 Å². The number of nitrogens with one attached hydrogen (secondary N) is 1. The second-order valence-electron chi connectivity index (χ2n) is 4.39. The highest BCUT2D eigenvalue weighted by Crippen LogP contribution is 2.26. The van der Waals surface area contributed by atoms with Gasteiger partial charge in [0.2, 0.25) is 10.0 Å². The molecular weight excluding hydrogens is 296 g/mol. The topological polar surface area (TPSA) is 89.3 Å². The van der Waals surface area contributed by atoms with Crippen LogP contribution in [0.25, 0.3) is 0 Å². The van der Waals surface area contributed by atoms with Crippen molar-refractivity contribution in [2.24, 2.45) is 5.14 Å². The van der Waals surface area contributed by atoms with Crippen LogP contribution in [0, 0.1) is 13.8 Å². The standard InChI is InChI=1S/C13H14N2O3S2/c1-8-5-3-4-6-10(8)15-13(16)12-9(2)7-11(19-12)20(14,17)18/h3-7H,1-2H3,(H,15,16)(H2,14,17,18). The molecule has 2 rings (SSSR count). The summed E-state index contributed by atoms with van der Waals surface area (Å²) in [5.41, 5.74) is 2.22. The molecule has 0 unspecified atom stereocenters. The van der Waals surface area contributed by atoms with Crippen molar-refractivity contribution in [3.8, 4) is 0 Å². The number of rotatable bonds is 3. The largest absolute Gasteiger partial charge is 0.321 e. The molecule has 5 nitrogen and oxygen atoms in total. The van der Waals surface area contributed by atoms with Crippen molar-refractivity contribution in [2.45, 2.75) is 18.1 Å². The molecule has 2 aromatic rings. The fourth-order valence-electron chi connectivity index (χ4n) is 1.71. The van der Waals surface area contributed by atoms with Crippen LogP contribution in [0.4, 0.5) is 5.69 Å². The SMILES string of the molecule is Cc1ccccc1NC(=O)c1sc(S(N)(=O)=O)cc1C. The van der Waals surface area contributed by atoms with Gasteiger partial charge in [-0.15, -0.1) is 11.3 Å². The Morgan fingerprint density at radius 2 is 1.85 bits per heavy atom. The molecular formula is C13H14N2O3S2. The number of primary sulfonamides is 1. The van der Waals surface area contributed by atoms with Crippen LogP contribution in [0.3, 0.4) is 0 Å². The quantitative estimate of drug-likeness (QED) is 0.911. The molecule has 0 radical (unpaired) electrons. The van der Waals surface area contributed by atoms with E-state index in [0.717, 1.165) is 16.9 Å². The maximum absolute atomic E-state index is 12.2. The van der Waals surface area contributed by atoms with Gasteiger partial charge in [-0.2, -0.15) is 0 Å². The minimum Gasteiger partial charge on any atom is -0.321 e. The summed E-state index contributed by atoms with van der Waals surface area (Å²) in [5.74, 6) is -0.336. The molecule has 3 N–H and O–H groups in total. The van der Waals surface area contributed by atoms with Gasteiger partial charge in [0.05, 0.1) is 4.88 Å². The molecule has 0 bridgehead atoms. The average molecular weight is 310 g/mol. The molecule has 0 atom stereocenters. The lowest BCUT2D eigenvalue weighted by molar-refractivity contribution is 0.103. The zero-order valence-electron chi connectivity index (χ0n) is 11.0. The summed E-state index contributed by atoms with van der Waals surface area (Å²) in [6.07, 6.45) is 0. The highest BCUT2D eigenvalue weighted by Gasteiger charge is 2.19. The van der Waals surface area contributed by atoms with Gasteiger partial charge in [0.15, 0.2) is 0 Å². The molecule has 20 heavy (non-hydrogen) atoms. The van der Waals surface area contributed by atoms with Crippen molar-refractivity contribution >= 4 is 33.0 Å². The second kappa shape index (κ2) is 5.35. The lowest BCUT2D eigenvalue weighted by Crippen LogP contribution is -2.12.